The smallest absolute Gasteiger partial charge is 0.168 e. The van der Waals surface area contributed by atoms with E-state index in [1.54, 1.807) is 0 Å². The van der Waals surface area contributed by atoms with E-state index in [1.807, 2.05) is 35.9 Å². The highest BCUT2D eigenvalue weighted by molar-refractivity contribution is 9.11. The highest BCUT2D eigenvalue weighted by atomic mass is 79.9. The molecule has 0 bridgehead atoms. The van der Waals surface area contributed by atoms with Gasteiger partial charge >= 0.3 is 0 Å². The van der Waals surface area contributed by atoms with Gasteiger partial charge in [-0.1, -0.05) is 38.8 Å². The van der Waals surface area contributed by atoms with Crippen LogP contribution in [0.5, 0.6) is 0 Å². The highest BCUT2D eigenvalue weighted by Crippen LogP contribution is 2.21. The molecule has 0 aliphatic heterocycles. The molecule has 5 heteroatoms. The molecule has 0 spiro atoms. The van der Waals surface area contributed by atoms with Crippen molar-refractivity contribution in [1.29, 1.82) is 0 Å². The standard InChI is InChI=1S/C15H16Br2N2O/c1-3-13-8-14(19(4-2)18-13)9-15(20)10-5-11(16)7-12(17)6-10/h5-8H,3-4,9H2,1-2H3. The molecule has 0 fully saturated rings. The van der Waals surface area contributed by atoms with Crippen LogP contribution < -0.4 is 0 Å². The fourth-order valence-corrected chi connectivity index (χ4v) is 3.38. The van der Waals surface area contributed by atoms with Gasteiger partial charge in [0.1, 0.15) is 0 Å². The number of ketones is 1. The first-order valence-corrected chi connectivity index (χ1v) is 8.17. The molecular formula is C15H16Br2N2O. The number of aryl methyl sites for hydroxylation is 2. The van der Waals surface area contributed by atoms with Crippen molar-refractivity contribution in [3.63, 3.8) is 0 Å². The van der Waals surface area contributed by atoms with Crippen molar-refractivity contribution in [3.05, 3.63) is 50.2 Å². The molecule has 0 aliphatic carbocycles. The van der Waals surface area contributed by atoms with E-state index in [0.717, 1.165) is 33.3 Å². The maximum atomic E-state index is 12.4. The summed E-state index contributed by atoms with van der Waals surface area (Å²) in [5, 5.41) is 4.47. The van der Waals surface area contributed by atoms with Crippen molar-refractivity contribution in [2.24, 2.45) is 0 Å². The highest BCUT2D eigenvalue weighted by Gasteiger charge is 2.13. The zero-order valence-corrected chi connectivity index (χ0v) is 14.7. The summed E-state index contributed by atoms with van der Waals surface area (Å²) >= 11 is 6.82. The molecule has 2 rings (SSSR count). The third kappa shape index (κ3) is 3.58. The SMILES string of the molecule is CCc1cc(CC(=O)c2cc(Br)cc(Br)c2)n(CC)n1. The van der Waals surface area contributed by atoms with Gasteiger partial charge < -0.3 is 0 Å². The van der Waals surface area contributed by atoms with Crippen LogP contribution in [-0.2, 0) is 19.4 Å². The second-order valence-electron chi connectivity index (χ2n) is 4.55. The van der Waals surface area contributed by atoms with Crippen molar-refractivity contribution in [1.82, 2.24) is 9.78 Å². The Hall–Kier alpha value is -0.940. The molecule has 0 saturated heterocycles. The molecule has 0 atom stereocenters. The second-order valence-corrected chi connectivity index (χ2v) is 6.39. The van der Waals surface area contributed by atoms with Gasteiger partial charge in [-0.25, -0.2) is 0 Å². The number of hydrogen-bond donors (Lipinski definition) is 0. The minimum Gasteiger partial charge on any atom is -0.294 e. The van der Waals surface area contributed by atoms with E-state index in [9.17, 15) is 4.79 Å². The Kier molecular flexibility index (Phi) is 5.16. The average molecular weight is 400 g/mol. The van der Waals surface area contributed by atoms with Crippen LogP contribution in [0.3, 0.4) is 0 Å². The predicted octanol–water partition coefficient (Wildman–Crippen LogP) is 4.42. The molecule has 106 valence electrons. The molecule has 0 saturated carbocycles. The van der Waals surface area contributed by atoms with Crippen molar-refractivity contribution in [2.45, 2.75) is 33.2 Å². The van der Waals surface area contributed by atoms with Gasteiger partial charge in [0.05, 0.1) is 12.1 Å². The summed E-state index contributed by atoms with van der Waals surface area (Å²) in [4.78, 5) is 12.4. The molecule has 0 N–H and O–H groups in total. The largest absolute Gasteiger partial charge is 0.294 e. The zero-order valence-electron chi connectivity index (χ0n) is 11.5. The van der Waals surface area contributed by atoms with Crippen LogP contribution in [0.15, 0.2) is 33.2 Å². The van der Waals surface area contributed by atoms with Crippen molar-refractivity contribution >= 4 is 37.6 Å². The molecule has 20 heavy (non-hydrogen) atoms. The Morgan fingerprint density at radius 1 is 1.15 bits per heavy atom. The lowest BCUT2D eigenvalue weighted by Gasteiger charge is -2.05. The van der Waals surface area contributed by atoms with Crippen LogP contribution in [0.4, 0.5) is 0 Å². The minimum atomic E-state index is 0.101. The van der Waals surface area contributed by atoms with Gasteiger partial charge in [-0.2, -0.15) is 5.10 Å². The Bertz CT molecular complexity index is 615. The van der Waals surface area contributed by atoms with Gasteiger partial charge in [-0.3, -0.25) is 9.48 Å². The maximum absolute atomic E-state index is 12.4. The van der Waals surface area contributed by atoms with E-state index >= 15 is 0 Å². The summed E-state index contributed by atoms with van der Waals surface area (Å²) in [6.07, 6.45) is 1.26. The Labute approximate surface area is 135 Å². The summed E-state index contributed by atoms with van der Waals surface area (Å²) < 4.78 is 3.70. The van der Waals surface area contributed by atoms with Gasteiger partial charge in [0.15, 0.2) is 5.78 Å². The number of nitrogens with zero attached hydrogens (tertiary/aromatic N) is 2. The van der Waals surface area contributed by atoms with Crippen molar-refractivity contribution in [2.75, 3.05) is 0 Å². The second kappa shape index (κ2) is 6.68. The summed E-state index contributed by atoms with van der Waals surface area (Å²) in [5.41, 5.74) is 2.71. The molecule has 2 aromatic rings. The molecule has 1 aromatic heterocycles. The lowest BCUT2D eigenvalue weighted by atomic mass is 10.1. The zero-order chi connectivity index (χ0) is 14.7. The molecule has 0 radical (unpaired) electrons. The number of rotatable bonds is 5. The van der Waals surface area contributed by atoms with E-state index in [1.165, 1.54) is 0 Å². The maximum Gasteiger partial charge on any atom is 0.168 e. The van der Waals surface area contributed by atoms with E-state index in [-0.39, 0.29) is 5.78 Å². The third-order valence-corrected chi connectivity index (χ3v) is 4.02. The van der Waals surface area contributed by atoms with Crippen LogP contribution in [0.25, 0.3) is 0 Å². The third-order valence-electron chi connectivity index (χ3n) is 3.10. The number of hydrogen-bond acceptors (Lipinski definition) is 2. The van der Waals surface area contributed by atoms with Crippen LogP contribution in [0.2, 0.25) is 0 Å². The molecule has 0 aliphatic rings. The van der Waals surface area contributed by atoms with E-state index < -0.39 is 0 Å². The summed E-state index contributed by atoms with van der Waals surface area (Å²) in [5.74, 6) is 0.101. The van der Waals surface area contributed by atoms with Gasteiger partial charge in [0.25, 0.3) is 0 Å². The number of carbonyl (C=O) groups is 1. The molecule has 3 nitrogen and oxygen atoms in total. The first-order chi connectivity index (χ1) is 9.53. The number of benzene rings is 1. The van der Waals surface area contributed by atoms with E-state index in [4.69, 9.17) is 0 Å². The molecule has 1 heterocycles. The monoisotopic (exact) mass is 398 g/mol. The number of carbonyl (C=O) groups excluding carboxylic acids is 1. The van der Waals surface area contributed by atoms with Crippen LogP contribution in [-0.4, -0.2) is 15.6 Å². The topological polar surface area (TPSA) is 34.9 Å². The van der Waals surface area contributed by atoms with Crippen LogP contribution in [0, 0.1) is 0 Å². The first-order valence-electron chi connectivity index (χ1n) is 6.58. The van der Waals surface area contributed by atoms with Gasteiger partial charge in [-0.15, -0.1) is 0 Å². The molecular weight excluding hydrogens is 384 g/mol. The normalized spacial score (nSPS) is 10.8. The fourth-order valence-electron chi connectivity index (χ4n) is 2.09. The quantitative estimate of drug-likeness (QED) is 0.697. The van der Waals surface area contributed by atoms with Crippen LogP contribution in [0.1, 0.15) is 35.6 Å². The molecule has 1 aromatic carbocycles. The number of aromatic nitrogens is 2. The summed E-state index contributed by atoms with van der Waals surface area (Å²) in [6, 6.07) is 7.64. The summed E-state index contributed by atoms with van der Waals surface area (Å²) in [7, 11) is 0. The van der Waals surface area contributed by atoms with Gasteiger partial charge in [-0.05, 0) is 37.6 Å². The fraction of sp³-hybridized carbons (Fsp3) is 0.333. The van der Waals surface area contributed by atoms with Crippen LogP contribution >= 0.6 is 31.9 Å². The van der Waals surface area contributed by atoms with Crippen molar-refractivity contribution < 1.29 is 4.79 Å². The van der Waals surface area contributed by atoms with E-state index in [0.29, 0.717) is 12.0 Å². The van der Waals surface area contributed by atoms with Gasteiger partial charge in [0, 0.05) is 26.7 Å². The van der Waals surface area contributed by atoms with Crippen molar-refractivity contribution in [3.8, 4) is 0 Å². The Morgan fingerprint density at radius 3 is 2.35 bits per heavy atom. The Balaban J connectivity index is 2.25. The first kappa shape index (κ1) is 15.4. The number of Topliss-reactive ketones (excluding diaryl/α,β-unsaturated/α-hetero) is 1. The van der Waals surface area contributed by atoms with E-state index in [2.05, 4.69) is 43.9 Å². The summed E-state index contributed by atoms with van der Waals surface area (Å²) in [6.45, 7) is 4.89. The number of halogens is 2. The molecule has 0 unspecified atom stereocenters. The molecule has 0 amide bonds. The Morgan fingerprint density at radius 2 is 1.80 bits per heavy atom. The predicted molar refractivity (Wildman–Crippen MR) is 87.2 cm³/mol. The van der Waals surface area contributed by atoms with Gasteiger partial charge in [0.2, 0.25) is 0 Å². The lowest BCUT2D eigenvalue weighted by Crippen LogP contribution is -2.09. The minimum absolute atomic E-state index is 0.101. The average Bonchev–Trinajstić information content (AvgIpc) is 2.79. The lowest BCUT2D eigenvalue weighted by molar-refractivity contribution is 0.0990.